The minimum atomic E-state index is 0. The fourth-order valence-electron chi connectivity index (χ4n) is 1.44. The van der Waals surface area contributed by atoms with Gasteiger partial charge >= 0.3 is 0 Å². The number of halogens is 3. The van der Waals surface area contributed by atoms with E-state index in [1.807, 2.05) is 36.4 Å². The van der Waals surface area contributed by atoms with Crippen molar-refractivity contribution in [3.8, 4) is 11.1 Å². The number of hydrogen-bond acceptors (Lipinski definition) is 1. The molecule has 0 spiro atoms. The Morgan fingerprint density at radius 1 is 0.938 bits per heavy atom. The largest absolute Gasteiger partial charge is 0.397 e. The molecule has 2 rings (SSSR count). The Labute approximate surface area is 111 Å². The van der Waals surface area contributed by atoms with Gasteiger partial charge in [0.1, 0.15) is 0 Å². The summed E-state index contributed by atoms with van der Waals surface area (Å²) in [6.07, 6.45) is 0. The minimum absolute atomic E-state index is 0. The molecule has 2 aromatic carbocycles. The van der Waals surface area contributed by atoms with Gasteiger partial charge in [-0.3, -0.25) is 0 Å². The average molecular weight is 275 g/mol. The molecule has 0 amide bonds. The van der Waals surface area contributed by atoms with Crippen LogP contribution < -0.4 is 5.73 Å². The number of anilines is 1. The van der Waals surface area contributed by atoms with Gasteiger partial charge < -0.3 is 5.73 Å². The van der Waals surface area contributed by atoms with E-state index in [1.165, 1.54) is 0 Å². The number of nitrogens with two attached hydrogens (primary N) is 1. The molecule has 0 fully saturated rings. The molecular weight excluding hydrogens is 264 g/mol. The molecule has 0 bridgehead atoms. The molecule has 84 valence electrons. The van der Waals surface area contributed by atoms with Crippen molar-refractivity contribution in [3.05, 3.63) is 52.5 Å². The lowest BCUT2D eigenvalue weighted by Crippen LogP contribution is -1.90. The zero-order chi connectivity index (χ0) is 10.8. The van der Waals surface area contributed by atoms with Gasteiger partial charge in [0.25, 0.3) is 0 Å². The topological polar surface area (TPSA) is 26.0 Å². The smallest absolute Gasteiger partial charge is 0.0641 e. The maximum Gasteiger partial charge on any atom is 0.0641 e. The number of benzene rings is 2. The zero-order valence-electron chi connectivity index (χ0n) is 8.28. The van der Waals surface area contributed by atoms with E-state index in [0.29, 0.717) is 15.7 Å². The van der Waals surface area contributed by atoms with Crippen LogP contribution in [0, 0.1) is 0 Å². The van der Waals surface area contributed by atoms with E-state index < -0.39 is 0 Å². The number of para-hydroxylation sites is 1. The molecule has 0 aromatic heterocycles. The first-order valence-electron chi connectivity index (χ1n) is 4.48. The van der Waals surface area contributed by atoms with Gasteiger partial charge in [-0.25, -0.2) is 0 Å². The lowest BCUT2D eigenvalue weighted by molar-refractivity contribution is 1.61. The zero-order valence-corrected chi connectivity index (χ0v) is 10.6. The van der Waals surface area contributed by atoms with Gasteiger partial charge in [0.05, 0.1) is 10.7 Å². The van der Waals surface area contributed by atoms with Gasteiger partial charge in [0, 0.05) is 10.6 Å². The highest BCUT2D eigenvalue weighted by atomic mass is 35.5. The summed E-state index contributed by atoms with van der Waals surface area (Å²) in [4.78, 5) is 0. The van der Waals surface area contributed by atoms with Crippen LogP contribution >= 0.6 is 35.6 Å². The molecule has 0 saturated carbocycles. The van der Waals surface area contributed by atoms with Crippen molar-refractivity contribution in [2.45, 2.75) is 0 Å². The summed E-state index contributed by atoms with van der Waals surface area (Å²) in [7, 11) is 0. The van der Waals surface area contributed by atoms with Gasteiger partial charge in [-0.05, 0) is 23.8 Å². The fourth-order valence-corrected chi connectivity index (χ4v) is 1.81. The van der Waals surface area contributed by atoms with Crippen LogP contribution in [0.3, 0.4) is 0 Å². The Morgan fingerprint density at radius 2 is 1.62 bits per heavy atom. The van der Waals surface area contributed by atoms with Crippen molar-refractivity contribution in [3.63, 3.8) is 0 Å². The summed E-state index contributed by atoms with van der Waals surface area (Å²) in [6.45, 7) is 0. The summed E-state index contributed by atoms with van der Waals surface area (Å²) >= 11 is 11.9. The highest BCUT2D eigenvalue weighted by Gasteiger charge is 2.05. The van der Waals surface area contributed by atoms with Crippen LogP contribution in [-0.2, 0) is 0 Å². The molecule has 0 saturated heterocycles. The SMILES string of the molecule is Cl.Nc1c(Cl)cccc1-c1cccc(Cl)c1. The molecule has 4 heteroatoms. The number of hydrogen-bond donors (Lipinski definition) is 1. The van der Waals surface area contributed by atoms with E-state index in [9.17, 15) is 0 Å². The van der Waals surface area contributed by atoms with Crippen LogP contribution in [0.2, 0.25) is 10.0 Å². The monoisotopic (exact) mass is 273 g/mol. The van der Waals surface area contributed by atoms with Crippen molar-refractivity contribution >= 4 is 41.3 Å². The predicted molar refractivity (Wildman–Crippen MR) is 73.6 cm³/mol. The molecule has 2 aromatic rings. The average Bonchev–Trinajstić information content (AvgIpc) is 2.22. The lowest BCUT2D eigenvalue weighted by Gasteiger charge is -2.07. The van der Waals surface area contributed by atoms with Crippen LogP contribution in [0.15, 0.2) is 42.5 Å². The Morgan fingerprint density at radius 3 is 2.31 bits per heavy atom. The molecule has 0 atom stereocenters. The van der Waals surface area contributed by atoms with Gasteiger partial charge in [-0.1, -0.05) is 47.5 Å². The second-order valence-corrected chi connectivity index (χ2v) is 4.06. The van der Waals surface area contributed by atoms with Crippen molar-refractivity contribution in [2.75, 3.05) is 5.73 Å². The second-order valence-electron chi connectivity index (χ2n) is 3.21. The second kappa shape index (κ2) is 5.44. The summed E-state index contributed by atoms with van der Waals surface area (Å²) in [5.74, 6) is 0. The molecule has 0 aliphatic heterocycles. The van der Waals surface area contributed by atoms with E-state index in [1.54, 1.807) is 6.07 Å². The number of nitrogen functional groups attached to an aromatic ring is 1. The first kappa shape index (κ1) is 13.2. The quantitative estimate of drug-likeness (QED) is 0.752. The molecule has 2 N–H and O–H groups in total. The highest BCUT2D eigenvalue weighted by molar-refractivity contribution is 6.34. The lowest BCUT2D eigenvalue weighted by atomic mass is 10.0. The van der Waals surface area contributed by atoms with Crippen LogP contribution in [0.25, 0.3) is 11.1 Å². The fraction of sp³-hybridized carbons (Fsp3) is 0. The van der Waals surface area contributed by atoms with Crippen molar-refractivity contribution in [1.29, 1.82) is 0 Å². The molecule has 0 heterocycles. The molecule has 0 aliphatic carbocycles. The maximum absolute atomic E-state index is 5.95. The van der Waals surface area contributed by atoms with Gasteiger partial charge in [0.15, 0.2) is 0 Å². The standard InChI is InChI=1S/C12H9Cl2N.ClH/c13-9-4-1-3-8(7-9)10-5-2-6-11(14)12(10)15;/h1-7H,15H2;1H. The van der Waals surface area contributed by atoms with Crippen molar-refractivity contribution in [2.24, 2.45) is 0 Å². The van der Waals surface area contributed by atoms with E-state index in [0.717, 1.165) is 11.1 Å². The van der Waals surface area contributed by atoms with E-state index in [-0.39, 0.29) is 12.4 Å². The first-order chi connectivity index (χ1) is 7.18. The van der Waals surface area contributed by atoms with Crippen LogP contribution in [0.1, 0.15) is 0 Å². The Kier molecular flexibility index (Phi) is 4.48. The Hall–Kier alpha value is -0.890. The molecule has 0 unspecified atom stereocenters. The summed E-state index contributed by atoms with van der Waals surface area (Å²) < 4.78 is 0. The van der Waals surface area contributed by atoms with Gasteiger partial charge in [-0.15, -0.1) is 12.4 Å². The number of rotatable bonds is 1. The van der Waals surface area contributed by atoms with Crippen LogP contribution in [0.4, 0.5) is 5.69 Å². The van der Waals surface area contributed by atoms with Crippen LogP contribution in [0.5, 0.6) is 0 Å². The highest BCUT2D eigenvalue weighted by Crippen LogP contribution is 2.32. The maximum atomic E-state index is 5.95. The van der Waals surface area contributed by atoms with E-state index in [4.69, 9.17) is 28.9 Å². The predicted octanol–water partition coefficient (Wildman–Crippen LogP) is 4.66. The Balaban J connectivity index is 0.00000128. The van der Waals surface area contributed by atoms with Gasteiger partial charge in [0.2, 0.25) is 0 Å². The minimum Gasteiger partial charge on any atom is -0.397 e. The summed E-state index contributed by atoms with van der Waals surface area (Å²) in [5, 5.41) is 1.25. The molecule has 16 heavy (non-hydrogen) atoms. The molecule has 1 nitrogen and oxygen atoms in total. The van der Waals surface area contributed by atoms with Gasteiger partial charge in [-0.2, -0.15) is 0 Å². The normalized spacial score (nSPS) is 9.62. The third kappa shape index (κ3) is 2.62. The Bertz CT molecular complexity index is 497. The van der Waals surface area contributed by atoms with E-state index in [2.05, 4.69) is 0 Å². The van der Waals surface area contributed by atoms with Crippen molar-refractivity contribution < 1.29 is 0 Å². The molecular formula is C12H10Cl3N. The first-order valence-corrected chi connectivity index (χ1v) is 5.24. The summed E-state index contributed by atoms with van der Waals surface area (Å²) in [5.41, 5.74) is 8.36. The third-order valence-corrected chi connectivity index (χ3v) is 2.75. The molecule has 0 aliphatic rings. The van der Waals surface area contributed by atoms with E-state index >= 15 is 0 Å². The van der Waals surface area contributed by atoms with Crippen molar-refractivity contribution in [1.82, 2.24) is 0 Å². The molecule has 0 radical (unpaired) electrons. The third-order valence-electron chi connectivity index (χ3n) is 2.19. The van der Waals surface area contributed by atoms with Crippen LogP contribution in [-0.4, -0.2) is 0 Å². The summed E-state index contributed by atoms with van der Waals surface area (Å²) in [6, 6.07) is 13.1.